The van der Waals surface area contributed by atoms with Crippen LogP contribution in [0.2, 0.25) is 0 Å². The summed E-state index contributed by atoms with van der Waals surface area (Å²) in [5.41, 5.74) is 0. The molecule has 1 aromatic heterocycles. The number of nitrogens with one attached hydrogen (secondary N) is 1. The van der Waals surface area contributed by atoms with Gasteiger partial charge in [0.2, 0.25) is 11.7 Å². The Bertz CT molecular complexity index is 608. The van der Waals surface area contributed by atoms with Crippen LogP contribution < -0.4 is 10.1 Å². The molecule has 3 rings (SSSR count). The van der Waals surface area contributed by atoms with Gasteiger partial charge in [-0.1, -0.05) is 17.3 Å². The van der Waals surface area contributed by atoms with E-state index in [-0.39, 0.29) is 30.7 Å². The van der Waals surface area contributed by atoms with E-state index in [0.29, 0.717) is 17.8 Å². The number of hydrogen-bond donors (Lipinski definition) is 1. The van der Waals surface area contributed by atoms with Gasteiger partial charge in [-0.3, -0.25) is 0 Å². The van der Waals surface area contributed by atoms with E-state index in [1.807, 2.05) is 0 Å². The van der Waals surface area contributed by atoms with E-state index in [4.69, 9.17) is 9.26 Å². The van der Waals surface area contributed by atoms with Crippen molar-refractivity contribution in [1.29, 1.82) is 0 Å². The lowest BCUT2D eigenvalue weighted by Gasteiger charge is -2.25. The van der Waals surface area contributed by atoms with Crippen molar-refractivity contribution in [2.24, 2.45) is 0 Å². The van der Waals surface area contributed by atoms with Gasteiger partial charge >= 0.3 is 0 Å². The van der Waals surface area contributed by atoms with E-state index in [0.717, 1.165) is 19.4 Å². The van der Waals surface area contributed by atoms with Gasteiger partial charge in [-0.05, 0) is 38.4 Å². The van der Waals surface area contributed by atoms with Gasteiger partial charge < -0.3 is 14.6 Å². The first-order valence-corrected chi connectivity index (χ1v) is 7.15. The summed E-state index contributed by atoms with van der Waals surface area (Å²) in [7, 11) is 0. The second kappa shape index (κ2) is 7.56. The molecule has 2 heterocycles. The van der Waals surface area contributed by atoms with Crippen LogP contribution in [0.3, 0.4) is 0 Å². The van der Waals surface area contributed by atoms with E-state index in [1.54, 1.807) is 18.2 Å². The second-order valence-corrected chi connectivity index (χ2v) is 5.34. The molecular formula is C15H19ClFN3O2. The van der Waals surface area contributed by atoms with Gasteiger partial charge in [-0.2, -0.15) is 4.98 Å². The van der Waals surface area contributed by atoms with Crippen molar-refractivity contribution in [2.45, 2.75) is 38.3 Å². The SMILES string of the molecule is C[C@H]1C[C@@H](c2nc(COc3ccccc3F)no2)CCN1.Cl. The third-order valence-electron chi connectivity index (χ3n) is 3.65. The van der Waals surface area contributed by atoms with E-state index >= 15 is 0 Å². The molecule has 0 spiro atoms. The second-order valence-electron chi connectivity index (χ2n) is 5.34. The summed E-state index contributed by atoms with van der Waals surface area (Å²) >= 11 is 0. The first kappa shape index (κ1) is 16.7. The average Bonchev–Trinajstić information content (AvgIpc) is 2.95. The monoisotopic (exact) mass is 327 g/mol. The Balaban J connectivity index is 0.00000176. The molecule has 1 aromatic carbocycles. The van der Waals surface area contributed by atoms with Crippen molar-refractivity contribution in [3.63, 3.8) is 0 Å². The van der Waals surface area contributed by atoms with Crippen molar-refractivity contribution < 1.29 is 13.7 Å². The van der Waals surface area contributed by atoms with E-state index in [2.05, 4.69) is 22.4 Å². The summed E-state index contributed by atoms with van der Waals surface area (Å²) in [6.07, 6.45) is 1.97. The molecule has 5 nitrogen and oxygen atoms in total. The molecule has 0 saturated carbocycles. The minimum absolute atomic E-state index is 0. The van der Waals surface area contributed by atoms with E-state index in [1.165, 1.54) is 6.07 Å². The minimum Gasteiger partial charge on any atom is -0.482 e. The molecule has 2 atom stereocenters. The molecule has 0 radical (unpaired) electrons. The fraction of sp³-hybridized carbons (Fsp3) is 0.467. The molecule has 7 heteroatoms. The summed E-state index contributed by atoms with van der Waals surface area (Å²) in [5, 5.41) is 7.29. The highest BCUT2D eigenvalue weighted by molar-refractivity contribution is 5.85. The minimum atomic E-state index is -0.395. The van der Waals surface area contributed by atoms with Crippen molar-refractivity contribution in [2.75, 3.05) is 6.54 Å². The summed E-state index contributed by atoms with van der Waals surface area (Å²) in [5.74, 6) is 1.18. The first-order chi connectivity index (χ1) is 10.2. The normalized spacial score (nSPS) is 21.2. The average molecular weight is 328 g/mol. The van der Waals surface area contributed by atoms with Crippen molar-refractivity contribution in [1.82, 2.24) is 15.5 Å². The van der Waals surface area contributed by atoms with Crippen LogP contribution in [-0.4, -0.2) is 22.7 Å². The van der Waals surface area contributed by atoms with Gasteiger partial charge in [0.05, 0.1) is 0 Å². The number of ether oxygens (including phenoxy) is 1. The van der Waals surface area contributed by atoms with E-state index < -0.39 is 5.82 Å². The van der Waals surface area contributed by atoms with Gasteiger partial charge in [0, 0.05) is 12.0 Å². The molecule has 0 bridgehead atoms. The number of benzene rings is 1. The van der Waals surface area contributed by atoms with Crippen LogP contribution in [0.1, 0.15) is 37.4 Å². The fourth-order valence-corrected chi connectivity index (χ4v) is 2.55. The van der Waals surface area contributed by atoms with Gasteiger partial charge in [0.25, 0.3) is 0 Å². The highest BCUT2D eigenvalue weighted by atomic mass is 35.5. The standard InChI is InChI=1S/C15H18FN3O2.ClH/c1-10-8-11(6-7-17-10)15-18-14(19-21-15)9-20-13-5-3-2-4-12(13)16;/h2-5,10-11,17H,6-9H2,1H3;1H/t10-,11-;/m0./s1. The van der Waals surface area contributed by atoms with Gasteiger partial charge in [-0.25, -0.2) is 4.39 Å². The molecule has 1 N–H and O–H groups in total. The van der Waals surface area contributed by atoms with E-state index in [9.17, 15) is 4.39 Å². The van der Waals surface area contributed by atoms with Crippen LogP contribution in [0, 0.1) is 5.82 Å². The first-order valence-electron chi connectivity index (χ1n) is 7.15. The number of halogens is 2. The number of hydrogen-bond acceptors (Lipinski definition) is 5. The maximum absolute atomic E-state index is 13.4. The van der Waals surface area contributed by atoms with Gasteiger partial charge in [-0.15, -0.1) is 12.4 Å². The quantitative estimate of drug-likeness (QED) is 0.935. The lowest BCUT2D eigenvalue weighted by atomic mass is 9.93. The highest BCUT2D eigenvalue weighted by Crippen LogP contribution is 2.26. The maximum atomic E-state index is 13.4. The maximum Gasteiger partial charge on any atom is 0.229 e. The Kier molecular flexibility index (Phi) is 5.74. The predicted molar refractivity (Wildman–Crippen MR) is 81.7 cm³/mol. The Morgan fingerprint density at radius 2 is 2.23 bits per heavy atom. The molecule has 22 heavy (non-hydrogen) atoms. The largest absolute Gasteiger partial charge is 0.482 e. The highest BCUT2D eigenvalue weighted by Gasteiger charge is 2.25. The van der Waals surface area contributed by atoms with Crippen LogP contribution in [0.25, 0.3) is 0 Å². The Morgan fingerprint density at radius 3 is 3.00 bits per heavy atom. The Hall–Kier alpha value is -1.66. The molecule has 0 aliphatic carbocycles. The number of rotatable bonds is 4. The molecule has 1 aliphatic rings. The zero-order valence-electron chi connectivity index (χ0n) is 12.3. The van der Waals surface area contributed by atoms with Crippen molar-refractivity contribution >= 4 is 12.4 Å². The summed E-state index contributed by atoms with van der Waals surface area (Å²) in [6, 6.07) is 6.72. The molecule has 2 aromatic rings. The topological polar surface area (TPSA) is 60.2 Å². The summed E-state index contributed by atoms with van der Waals surface area (Å²) in [4.78, 5) is 4.36. The molecule has 120 valence electrons. The van der Waals surface area contributed by atoms with Crippen LogP contribution in [-0.2, 0) is 6.61 Å². The van der Waals surface area contributed by atoms with Crippen LogP contribution in [0.5, 0.6) is 5.75 Å². The zero-order chi connectivity index (χ0) is 14.7. The Morgan fingerprint density at radius 1 is 1.41 bits per heavy atom. The molecule has 0 unspecified atom stereocenters. The molecule has 1 saturated heterocycles. The van der Waals surface area contributed by atoms with Crippen LogP contribution >= 0.6 is 12.4 Å². The lowest BCUT2D eigenvalue weighted by molar-refractivity contribution is 0.267. The predicted octanol–water partition coefficient (Wildman–Crippen LogP) is 3.07. The molecule has 1 fully saturated rings. The zero-order valence-corrected chi connectivity index (χ0v) is 13.1. The molecule has 0 amide bonds. The number of aromatic nitrogens is 2. The molecular weight excluding hydrogens is 309 g/mol. The van der Waals surface area contributed by atoms with Crippen LogP contribution in [0.15, 0.2) is 28.8 Å². The van der Waals surface area contributed by atoms with Crippen molar-refractivity contribution in [3.05, 3.63) is 41.8 Å². The number of para-hydroxylation sites is 1. The molecule has 1 aliphatic heterocycles. The van der Waals surface area contributed by atoms with Crippen molar-refractivity contribution in [3.8, 4) is 5.75 Å². The van der Waals surface area contributed by atoms with Crippen LogP contribution in [0.4, 0.5) is 4.39 Å². The smallest absolute Gasteiger partial charge is 0.229 e. The lowest BCUT2D eigenvalue weighted by Crippen LogP contribution is -2.34. The van der Waals surface area contributed by atoms with Gasteiger partial charge in [0.15, 0.2) is 18.2 Å². The number of nitrogens with zero attached hydrogens (tertiary/aromatic N) is 2. The Labute approximate surface area is 134 Å². The summed E-state index contributed by atoms with van der Waals surface area (Å²) in [6.45, 7) is 3.20. The third kappa shape index (κ3) is 3.96. The summed E-state index contributed by atoms with van der Waals surface area (Å²) < 4.78 is 24.1. The van der Waals surface area contributed by atoms with Gasteiger partial charge in [0.1, 0.15) is 0 Å². The number of piperidine rings is 1. The fourth-order valence-electron chi connectivity index (χ4n) is 2.55. The third-order valence-corrected chi connectivity index (χ3v) is 3.65.